The van der Waals surface area contributed by atoms with Crippen LogP contribution in [-0.2, 0) is 9.53 Å². The highest BCUT2D eigenvalue weighted by atomic mass is 16.5. The third-order valence-electron chi connectivity index (χ3n) is 5.84. The molecule has 4 rings (SSSR count). The largest absolute Gasteiger partial charge is 0.497 e. The number of hydrogen-bond acceptors (Lipinski definition) is 4. The van der Waals surface area contributed by atoms with Crippen molar-refractivity contribution < 1.29 is 14.3 Å². The van der Waals surface area contributed by atoms with E-state index in [-0.39, 0.29) is 17.6 Å². The molecule has 1 N–H and O–H groups in total. The molecule has 1 aromatic rings. The van der Waals surface area contributed by atoms with E-state index in [9.17, 15) is 4.79 Å². The molecule has 1 amide bonds. The van der Waals surface area contributed by atoms with E-state index in [2.05, 4.69) is 22.3 Å². The number of methoxy groups -OCH3 is 1. The Bertz CT molecular complexity index is 608. The lowest BCUT2D eigenvalue weighted by molar-refractivity contribution is -0.155. The average molecular weight is 344 g/mol. The lowest BCUT2D eigenvalue weighted by atomic mass is 9.79. The first-order valence-corrected chi connectivity index (χ1v) is 9.47. The Kier molecular flexibility index (Phi) is 4.69. The van der Waals surface area contributed by atoms with Gasteiger partial charge in [-0.15, -0.1) is 0 Å². The predicted octanol–water partition coefficient (Wildman–Crippen LogP) is 2.52. The molecule has 5 nitrogen and oxygen atoms in total. The SMILES string of the molecule is COc1ccc(C(NC(=O)CN2CCOC3(CCC3)C2)C2CC2)cc1. The van der Waals surface area contributed by atoms with Crippen LogP contribution in [0, 0.1) is 5.92 Å². The van der Waals surface area contributed by atoms with E-state index in [1.165, 1.54) is 24.8 Å². The van der Waals surface area contributed by atoms with Crippen molar-refractivity contribution in [1.29, 1.82) is 0 Å². The highest BCUT2D eigenvalue weighted by Gasteiger charge is 2.42. The monoisotopic (exact) mass is 344 g/mol. The van der Waals surface area contributed by atoms with Crippen LogP contribution in [0.25, 0.3) is 0 Å². The predicted molar refractivity (Wildman–Crippen MR) is 95.6 cm³/mol. The van der Waals surface area contributed by atoms with Gasteiger partial charge in [-0.2, -0.15) is 0 Å². The van der Waals surface area contributed by atoms with Gasteiger partial charge in [0.25, 0.3) is 0 Å². The number of carbonyl (C=O) groups is 1. The Morgan fingerprint density at radius 1 is 1.36 bits per heavy atom. The van der Waals surface area contributed by atoms with Gasteiger partial charge in [-0.05, 0) is 55.7 Å². The lowest BCUT2D eigenvalue weighted by Gasteiger charge is -2.48. The summed E-state index contributed by atoms with van der Waals surface area (Å²) in [5.41, 5.74) is 1.22. The van der Waals surface area contributed by atoms with Crippen molar-refractivity contribution in [3.63, 3.8) is 0 Å². The highest BCUT2D eigenvalue weighted by molar-refractivity contribution is 5.78. The van der Waals surface area contributed by atoms with Crippen molar-refractivity contribution in [2.45, 2.75) is 43.7 Å². The maximum Gasteiger partial charge on any atom is 0.234 e. The number of nitrogens with zero attached hydrogens (tertiary/aromatic N) is 1. The van der Waals surface area contributed by atoms with Crippen LogP contribution in [-0.4, -0.2) is 49.8 Å². The minimum Gasteiger partial charge on any atom is -0.497 e. The summed E-state index contributed by atoms with van der Waals surface area (Å²) >= 11 is 0. The lowest BCUT2D eigenvalue weighted by Crippen LogP contribution is -2.57. The fourth-order valence-electron chi connectivity index (χ4n) is 4.07. The van der Waals surface area contributed by atoms with Crippen LogP contribution in [0.1, 0.15) is 43.7 Å². The van der Waals surface area contributed by atoms with Crippen LogP contribution in [0.15, 0.2) is 24.3 Å². The molecule has 1 heterocycles. The van der Waals surface area contributed by atoms with Crippen molar-refractivity contribution in [2.75, 3.05) is 33.4 Å². The third kappa shape index (κ3) is 3.82. The molecule has 1 saturated heterocycles. The number of rotatable bonds is 6. The molecule has 1 unspecified atom stereocenters. The molecule has 1 aliphatic heterocycles. The Morgan fingerprint density at radius 3 is 2.72 bits per heavy atom. The molecule has 5 heteroatoms. The fraction of sp³-hybridized carbons (Fsp3) is 0.650. The molecule has 136 valence electrons. The molecule has 3 fully saturated rings. The van der Waals surface area contributed by atoms with Crippen LogP contribution >= 0.6 is 0 Å². The van der Waals surface area contributed by atoms with Gasteiger partial charge in [0.1, 0.15) is 5.75 Å². The van der Waals surface area contributed by atoms with Crippen molar-refractivity contribution in [2.24, 2.45) is 5.92 Å². The molecule has 3 aliphatic rings. The minimum atomic E-state index is 0.0460. The fourth-order valence-corrected chi connectivity index (χ4v) is 4.07. The standard InChI is InChI=1S/C20H28N2O3/c1-24-17-7-5-16(6-8-17)19(15-3-4-15)21-18(23)13-22-11-12-25-20(14-22)9-2-10-20/h5-8,15,19H,2-4,9-14H2,1H3,(H,21,23). The topological polar surface area (TPSA) is 50.8 Å². The van der Waals surface area contributed by atoms with E-state index in [1.807, 2.05) is 12.1 Å². The van der Waals surface area contributed by atoms with Gasteiger partial charge in [0, 0.05) is 13.1 Å². The van der Waals surface area contributed by atoms with Crippen molar-refractivity contribution in [3.8, 4) is 5.75 Å². The quantitative estimate of drug-likeness (QED) is 0.861. The smallest absolute Gasteiger partial charge is 0.234 e. The van der Waals surface area contributed by atoms with E-state index in [4.69, 9.17) is 9.47 Å². The summed E-state index contributed by atoms with van der Waals surface area (Å²) in [4.78, 5) is 14.9. The Hall–Kier alpha value is -1.59. The molecule has 0 aromatic heterocycles. The average Bonchev–Trinajstić information content (AvgIpc) is 3.44. The molecule has 25 heavy (non-hydrogen) atoms. The second-order valence-corrected chi connectivity index (χ2v) is 7.75. The second-order valence-electron chi connectivity index (χ2n) is 7.75. The number of benzene rings is 1. The van der Waals surface area contributed by atoms with Crippen molar-refractivity contribution in [3.05, 3.63) is 29.8 Å². The van der Waals surface area contributed by atoms with Gasteiger partial charge in [-0.1, -0.05) is 12.1 Å². The van der Waals surface area contributed by atoms with Crippen LogP contribution in [0.3, 0.4) is 0 Å². The van der Waals surface area contributed by atoms with Gasteiger partial charge in [0.05, 0.1) is 31.9 Å². The summed E-state index contributed by atoms with van der Waals surface area (Å²) < 4.78 is 11.2. The van der Waals surface area contributed by atoms with Gasteiger partial charge >= 0.3 is 0 Å². The summed E-state index contributed by atoms with van der Waals surface area (Å²) in [7, 11) is 1.67. The molecular formula is C20H28N2O3. The minimum absolute atomic E-state index is 0.0460. The number of morpholine rings is 1. The summed E-state index contributed by atoms with van der Waals surface area (Å²) in [5.74, 6) is 1.55. The first kappa shape index (κ1) is 16.9. The maximum atomic E-state index is 12.6. The molecular weight excluding hydrogens is 316 g/mol. The number of amides is 1. The van der Waals surface area contributed by atoms with Crippen molar-refractivity contribution >= 4 is 5.91 Å². The molecule has 2 aliphatic carbocycles. The van der Waals surface area contributed by atoms with Crippen LogP contribution in [0.2, 0.25) is 0 Å². The molecule has 1 aromatic carbocycles. The third-order valence-corrected chi connectivity index (χ3v) is 5.84. The number of ether oxygens (including phenoxy) is 2. The molecule has 0 bridgehead atoms. The van der Waals surface area contributed by atoms with Crippen LogP contribution < -0.4 is 10.1 Å². The Morgan fingerprint density at radius 2 is 2.12 bits per heavy atom. The number of hydrogen-bond donors (Lipinski definition) is 1. The Balaban J connectivity index is 1.36. The number of nitrogens with one attached hydrogen (secondary N) is 1. The maximum absolute atomic E-state index is 12.6. The van der Waals surface area contributed by atoms with Gasteiger partial charge in [-0.3, -0.25) is 9.69 Å². The van der Waals surface area contributed by atoms with E-state index in [0.717, 1.165) is 38.3 Å². The van der Waals surface area contributed by atoms with Crippen LogP contribution in [0.4, 0.5) is 0 Å². The van der Waals surface area contributed by atoms with E-state index >= 15 is 0 Å². The first-order valence-electron chi connectivity index (χ1n) is 9.47. The highest BCUT2D eigenvalue weighted by Crippen LogP contribution is 2.41. The molecule has 1 atom stereocenters. The van der Waals surface area contributed by atoms with Crippen LogP contribution in [0.5, 0.6) is 5.75 Å². The van der Waals surface area contributed by atoms with E-state index in [0.29, 0.717) is 12.5 Å². The molecule has 0 radical (unpaired) electrons. The van der Waals surface area contributed by atoms with E-state index in [1.54, 1.807) is 7.11 Å². The summed E-state index contributed by atoms with van der Waals surface area (Å²) in [6.07, 6.45) is 5.92. The Labute approximate surface area is 149 Å². The van der Waals surface area contributed by atoms with Gasteiger partial charge in [-0.25, -0.2) is 0 Å². The van der Waals surface area contributed by atoms with E-state index < -0.39 is 0 Å². The van der Waals surface area contributed by atoms with Gasteiger partial charge in [0.15, 0.2) is 0 Å². The summed E-state index contributed by atoms with van der Waals surface area (Å²) in [6.45, 7) is 2.98. The normalized spacial score (nSPS) is 23.7. The molecule has 1 spiro atoms. The number of carbonyl (C=O) groups excluding carboxylic acids is 1. The van der Waals surface area contributed by atoms with Crippen molar-refractivity contribution in [1.82, 2.24) is 10.2 Å². The summed E-state index contributed by atoms with van der Waals surface area (Å²) in [5, 5.41) is 3.28. The van der Waals surface area contributed by atoms with Gasteiger partial charge < -0.3 is 14.8 Å². The molecule has 2 saturated carbocycles. The zero-order valence-corrected chi connectivity index (χ0v) is 15.0. The zero-order chi connectivity index (χ0) is 17.3. The zero-order valence-electron chi connectivity index (χ0n) is 15.0. The summed E-state index contributed by atoms with van der Waals surface area (Å²) in [6, 6.07) is 8.20. The second kappa shape index (κ2) is 6.96. The van der Waals surface area contributed by atoms with Gasteiger partial charge in [0.2, 0.25) is 5.91 Å². The first-order chi connectivity index (χ1) is 12.2.